The maximum Gasteiger partial charge on any atom is 0.340 e. The van der Waals surface area contributed by atoms with Gasteiger partial charge in [0.2, 0.25) is 0 Å². The number of hydrogen-bond acceptors (Lipinski definition) is 6. The van der Waals surface area contributed by atoms with E-state index < -0.39 is 5.97 Å². The number of methoxy groups -OCH3 is 1. The number of anilines is 3. The zero-order valence-corrected chi connectivity index (χ0v) is 10.7. The van der Waals surface area contributed by atoms with Crippen LogP contribution in [0.4, 0.5) is 17.2 Å². The summed E-state index contributed by atoms with van der Waals surface area (Å²) in [5.74, 6) is -0.0927. The first-order valence-electron chi connectivity index (χ1n) is 5.65. The van der Waals surface area contributed by atoms with Crippen molar-refractivity contribution in [2.75, 3.05) is 18.2 Å². The molecule has 3 N–H and O–H groups in total. The molecule has 0 aliphatic carbocycles. The maximum atomic E-state index is 11.5. The Morgan fingerprint density at radius 2 is 2.11 bits per heavy atom. The highest BCUT2D eigenvalue weighted by Crippen LogP contribution is 2.25. The fourth-order valence-corrected chi connectivity index (χ4v) is 1.60. The molecule has 0 atom stereocenters. The summed E-state index contributed by atoms with van der Waals surface area (Å²) in [6.07, 6.45) is 3.19. The lowest BCUT2D eigenvalue weighted by atomic mass is 10.2. The molecule has 0 saturated heterocycles. The van der Waals surface area contributed by atoms with E-state index in [-0.39, 0.29) is 11.3 Å². The SMILES string of the molecule is COC(=O)c1ccnc(Nc2cccnc2C)c1N. The van der Waals surface area contributed by atoms with Gasteiger partial charge in [-0.3, -0.25) is 4.98 Å². The number of carbonyl (C=O) groups excluding carboxylic acids is 1. The topological polar surface area (TPSA) is 90.1 Å². The Balaban J connectivity index is 2.37. The van der Waals surface area contributed by atoms with Crippen molar-refractivity contribution >= 4 is 23.2 Å². The number of aryl methyl sites for hydroxylation is 1. The van der Waals surface area contributed by atoms with Crippen LogP contribution in [0, 0.1) is 6.92 Å². The lowest BCUT2D eigenvalue weighted by molar-refractivity contribution is 0.0602. The average molecular weight is 258 g/mol. The molecule has 0 aromatic carbocycles. The van der Waals surface area contributed by atoms with Crippen molar-refractivity contribution in [1.82, 2.24) is 9.97 Å². The Kier molecular flexibility index (Phi) is 3.61. The number of nitrogens with one attached hydrogen (secondary N) is 1. The van der Waals surface area contributed by atoms with Crippen molar-refractivity contribution in [1.29, 1.82) is 0 Å². The molecular formula is C13H14N4O2. The van der Waals surface area contributed by atoms with Gasteiger partial charge in [-0.25, -0.2) is 9.78 Å². The number of rotatable bonds is 3. The molecule has 0 aliphatic heterocycles. The molecule has 2 heterocycles. The Bertz CT molecular complexity index is 613. The smallest absolute Gasteiger partial charge is 0.340 e. The summed E-state index contributed by atoms with van der Waals surface area (Å²) in [5, 5.41) is 3.05. The highest BCUT2D eigenvalue weighted by Gasteiger charge is 2.14. The monoisotopic (exact) mass is 258 g/mol. The van der Waals surface area contributed by atoms with Crippen LogP contribution in [-0.2, 0) is 4.74 Å². The van der Waals surface area contributed by atoms with E-state index in [4.69, 9.17) is 5.73 Å². The number of nitrogen functional groups attached to an aromatic ring is 1. The van der Waals surface area contributed by atoms with Gasteiger partial charge in [-0.1, -0.05) is 0 Å². The molecule has 0 saturated carbocycles. The van der Waals surface area contributed by atoms with Crippen LogP contribution >= 0.6 is 0 Å². The lowest BCUT2D eigenvalue weighted by Gasteiger charge is -2.11. The Morgan fingerprint density at radius 1 is 1.32 bits per heavy atom. The van der Waals surface area contributed by atoms with Crippen molar-refractivity contribution in [3.05, 3.63) is 41.9 Å². The summed E-state index contributed by atoms with van der Waals surface area (Å²) >= 11 is 0. The van der Waals surface area contributed by atoms with Gasteiger partial charge in [0.25, 0.3) is 0 Å². The fraction of sp³-hybridized carbons (Fsp3) is 0.154. The van der Waals surface area contributed by atoms with E-state index in [2.05, 4.69) is 20.0 Å². The summed E-state index contributed by atoms with van der Waals surface area (Å²) in [4.78, 5) is 19.8. The number of nitrogens with zero attached hydrogens (tertiary/aromatic N) is 2. The predicted molar refractivity (Wildman–Crippen MR) is 72.2 cm³/mol. The number of carbonyl (C=O) groups is 1. The van der Waals surface area contributed by atoms with Gasteiger partial charge in [0.05, 0.1) is 29.7 Å². The molecule has 0 unspecified atom stereocenters. The zero-order chi connectivity index (χ0) is 13.8. The van der Waals surface area contributed by atoms with E-state index in [1.54, 1.807) is 12.3 Å². The van der Waals surface area contributed by atoms with Crippen LogP contribution < -0.4 is 11.1 Å². The van der Waals surface area contributed by atoms with Crippen molar-refractivity contribution < 1.29 is 9.53 Å². The molecule has 0 amide bonds. The summed E-state index contributed by atoms with van der Waals surface area (Å²) in [5.41, 5.74) is 8.03. The zero-order valence-electron chi connectivity index (χ0n) is 10.7. The van der Waals surface area contributed by atoms with Crippen LogP contribution in [0.2, 0.25) is 0 Å². The van der Waals surface area contributed by atoms with E-state index in [1.165, 1.54) is 19.4 Å². The van der Waals surface area contributed by atoms with Crippen LogP contribution in [0.25, 0.3) is 0 Å². The molecule has 19 heavy (non-hydrogen) atoms. The Hall–Kier alpha value is -2.63. The van der Waals surface area contributed by atoms with Gasteiger partial charge >= 0.3 is 5.97 Å². The van der Waals surface area contributed by atoms with Crippen molar-refractivity contribution in [3.8, 4) is 0 Å². The quantitative estimate of drug-likeness (QED) is 0.817. The van der Waals surface area contributed by atoms with E-state index >= 15 is 0 Å². The van der Waals surface area contributed by atoms with Crippen molar-refractivity contribution in [2.24, 2.45) is 0 Å². The van der Waals surface area contributed by atoms with E-state index in [0.29, 0.717) is 5.82 Å². The first-order valence-corrected chi connectivity index (χ1v) is 5.65. The number of nitrogens with two attached hydrogens (primary N) is 1. The third-order valence-corrected chi connectivity index (χ3v) is 2.66. The summed E-state index contributed by atoms with van der Waals surface area (Å²) in [6.45, 7) is 1.86. The molecule has 0 bridgehead atoms. The van der Waals surface area contributed by atoms with Gasteiger partial charge in [-0.2, -0.15) is 0 Å². The third-order valence-electron chi connectivity index (χ3n) is 2.66. The van der Waals surface area contributed by atoms with E-state index in [0.717, 1.165) is 11.4 Å². The van der Waals surface area contributed by atoms with E-state index in [1.807, 2.05) is 13.0 Å². The second-order valence-electron chi connectivity index (χ2n) is 3.87. The van der Waals surface area contributed by atoms with Crippen molar-refractivity contribution in [3.63, 3.8) is 0 Å². The van der Waals surface area contributed by atoms with Gasteiger partial charge in [-0.15, -0.1) is 0 Å². The summed E-state index contributed by atoms with van der Waals surface area (Å²) in [7, 11) is 1.31. The van der Waals surface area contributed by atoms with Gasteiger partial charge in [0.15, 0.2) is 5.82 Å². The van der Waals surface area contributed by atoms with Gasteiger partial charge in [0.1, 0.15) is 0 Å². The van der Waals surface area contributed by atoms with Crippen molar-refractivity contribution in [2.45, 2.75) is 6.92 Å². The molecule has 0 aliphatic rings. The molecule has 0 fully saturated rings. The standard InChI is InChI=1S/C13H14N4O2/c1-8-10(4-3-6-15-8)17-12-11(14)9(5-7-16-12)13(18)19-2/h3-7H,14H2,1-2H3,(H,16,17). The molecule has 6 nitrogen and oxygen atoms in total. The number of ether oxygens (including phenoxy) is 1. The molecule has 0 radical (unpaired) electrons. The van der Waals surface area contributed by atoms with Gasteiger partial charge in [-0.05, 0) is 25.1 Å². The first-order chi connectivity index (χ1) is 9.13. The molecule has 2 aromatic heterocycles. The fourth-order valence-electron chi connectivity index (χ4n) is 1.60. The summed E-state index contributed by atoms with van der Waals surface area (Å²) < 4.78 is 4.66. The van der Waals surface area contributed by atoms with Gasteiger partial charge in [0, 0.05) is 12.4 Å². The highest BCUT2D eigenvalue weighted by molar-refractivity contribution is 5.97. The Morgan fingerprint density at radius 3 is 2.79 bits per heavy atom. The molecule has 2 rings (SSSR count). The maximum absolute atomic E-state index is 11.5. The second-order valence-corrected chi connectivity index (χ2v) is 3.87. The molecule has 6 heteroatoms. The Labute approximate surface area is 110 Å². The molecule has 2 aromatic rings. The van der Waals surface area contributed by atoms with Crippen LogP contribution in [0.3, 0.4) is 0 Å². The van der Waals surface area contributed by atoms with Crippen LogP contribution in [0.1, 0.15) is 16.1 Å². The number of aromatic nitrogens is 2. The van der Waals surface area contributed by atoms with Crippen LogP contribution in [0.15, 0.2) is 30.6 Å². The molecule has 98 valence electrons. The highest BCUT2D eigenvalue weighted by atomic mass is 16.5. The largest absolute Gasteiger partial charge is 0.465 e. The van der Waals surface area contributed by atoms with Gasteiger partial charge < -0.3 is 15.8 Å². The number of pyridine rings is 2. The first kappa shape index (κ1) is 12.8. The molecular weight excluding hydrogens is 244 g/mol. The minimum Gasteiger partial charge on any atom is -0.465 e. The number of esters is 1. The molecule has 0 spiro atoms. The summed E-state index contributed by atoms with van der Waals surface area (Å²) in [6, 6.07) is 5.17. The van der Waals surface area contributed by atoms with E-state index in [9.17, 15) is 4.79 Å². The average Bonchev–Trinajstić information content (AvgIpc) is 2.42. The third kappa shape index (κ3) is 2.62. The number of hydrogen-bond donors (Lipinski definition) is 2. The predicted octanol–water partition coefficient (Wildman–Crippen LogP) is 1.90. The minimum atomic E-state index is -0.495. The minimum absolute atomic E-state index is 0.248. The van der Waals surface area contributed by atoms with Crippen LogP contribution in [-0.4, -0.2) is 23.0 Å². The second kappa shape index (κ2) is 5.34. The van der Waals surface area contributed by atoms with Crippen LogP contribution in [0.5, 0.6) is 0 Å². The lowest BCUT2D eigenvalue weighted by Crippen LogP contribution is -2.09. The normalized spacial score (nSPS) is 10.0.